The van der Waals surface area contributed by atoms with Gasteiger partial charge in [-0.15, -0.1) is 0 Å². The summed E-state index contributed by atoms with van der Waals surface area (Å²) in [7, 11) is 3.84. The number of hydrogen-bond donors (Lipinski definition) is 0. The molecule has 0 atom stereocenters. The summed E-state index contributed by atoms with van der Waals surface area (Å²) in [5.74, 6) is -2.52. The van der Waals surface area contributed by atoms with Gasteiger partial charge in [-0.2, -0.15) is 0 Å². The lowest BCUT2D eigenvalue weighted by Crippen LogP contribution is -2.45. The van der Waals surface area contributed by atoms with E-state index in [1.54, 1.807) is 0 Å². The molecule has 0 unspecified atom stereocenters. The molecule has 0 aliphatic heterocycles. The Morgan fingerprint density at radius 1 is 0.640 bits per heavy atom. The molecule has 2 aromatic rings. The number of benzene rings is 2. The fraction of sp³-hybridized carbons (Fsp3) is 0.333. The van der Waals surface area contributed by atoms with Gasteiger partial charge in [0.25, 0.3) is 0 Å². The Morgan fingerprint density at radius 2 is 0.960 bits per heavy atom. The molecule has 0 aliphatic rings. The third-order valence-corrected chi connectivity index (χ3v) is 3.60. The van der Waals surface area contributed by atoms with Crippen LogP contribution in [0.5, 0.6) is 11.5 Å². The van der Waals surface area contributed by atoms with Crippen LogP contribution in [0.25, 0.3) is 0 Å². The zero-order chi connectivity index (χ0) is 18.4. The standard InChI is InChI=1S/C18H20F4NO2/c1-23(2,3-5-24-17-9-13(19)7-14(20)10-17)4-6-25-18-11-15(21)8-16(22)12-18/h7-12H,3-6H2,1-2H3/q+1. The highest BCUT2D eigenvalue weighted by molar-refractivity contribution is 5.24. The van der Waals surface area contributed by atoms with E-state index in [-0.39, 0.29) is 24.7 Å². The maximum atomic E-state index is 13.1. The summed E-state index contributed by atoms with van der Waals surface area (Å²) in [6, 6.07) is 6.02. The Labute approximate surface area is 144 Å². The molecule has 0 heterocycles. The molecule has 25 heavy (non-hydrogen) atoms. The van der Waals surface area contributed by atoms with Crippen LogP contribution < -0.4 is 9.47 Å². The highest BCUT2D eigenvalue weighted by atomic mass is 19.1. The molecule has 0 radical (unpaired) electrons. The molecule has 7 heteroatoms. The summed E-state index contributed by atoms with van der Waals surface area (Å²) >= 11 is 0. The highest BCUT2D eigenvalue weighted by Gasteiger charge is 2.16. The third-order valence-electron chi connectivity index (χ3n) is 3.60. The SMILES string of the molecule is C[N+](C)(CCOc1cc(F)cc(F)c1)CCOc1cc(F)cc(F)c1. The molecule has 0 saturated carbocycles. The Morgan fingerprint density at radius 3 is 1.28 bits per heavy atom. The first-order valence-electron chi connectivity index (χ1n) is 7.73. The molecule has 0 aromatic heterocycles. The minimum absolute atomic E-state index is 0.129. The maximum Gasteiger partial charge on any atom is 0.137 e. The smallest absolute Gasteiger partial charge is 0.137 e. The summed E-state index contributed by atoms with van der Waals surface area (Å²) in [6.07, 6.45) is 0. The van der Waals surface area contributed by atoms with E-state index in [1.807, 2.05) is 14.1 Å². The van der Waals surface area contributed by atoms with Gasteiger partial charge in [0, 0.05) is 36.4 Å². The molecule has 2 rings (SSSR count). The van der Waals surface area contributed by atoms with Crippen LogP contribution in [0.4, 0.5) is 17.6 Å². The first-order valence-corrected chi connectivity index (χ1v) is 7.73. The number of nitrogens with zero attached hydrogens (tertiary/aromatic N) is 1. The van der Waals surface area contributed by atoms with Crippen LogP contribution in [0.15, 0.2) is 36.4 Å². The van der Waals surface area contributed by atoms with E-state index in [4.69, 9.17) is 9.47 Å². The summed E-state index contributed by atoms with van der Waals surface area (Å²) in [5.41, 5.74) is 0. The number of ether oxygens (including phenoxy) is 2. The van der Waals surface area contributed by atoms with E-state index >= 15 is 0 Å². The van der Waals surface area contributed by atoms with Crippen LogP contribution >= 0.6 is 0 Å². The molecule has 2 aromatic carbocycles. The summed E-state index contributed by atoms with van der Waals surface area (Å²) in [5, 5.41) is 0. The Kier molecular flexibility index (Phi) is 6.25. The van der Waals surface area contributed by atoms with Gasteiger partial charge in [0.15, 0.2) is 0 Å². The molecule has 3 nitrogen and oxygen atoms in total. The molecule has 0 bridgehead atoms. The number of rotatable bonds is 8. The molecule has 136 valence electrons. The van der Waals surface area contributed by atoms with Gasteiger partial charge in [-0.3, -0.25) is 0 Å². The lowest BCUT2D eigenvalue weighted by molar-refractivity contribution is -0.890. The van der Waals surface area contributed by atoms with Gasteiger partial charge in [-0.05, 0) is 0 Å². The monoisotopic (exact) mass is 358 g/mol. The van der Waals surface area contributed by atoms with Gasteiger partial charge in [0.1, 0.15) is 61.1 Å². The quantitative estimate of drug-likeness (QED) is 0.528. The van der Waals surface area contributed by atoms with E-state index in [9.17, 15) is 17.6 Å². The van der Waals surface area contributed by atoms with Crippen LogP contribution in [0.3, 0.4) is 0 Å². The Bertz CT molecular complexity index is 622. The highest BCUT2D eigenvalue weighted by Crippen LogP contribution is 2.16. The minimum atomic E-state index is -0.695. The lowest BCUT2D eigenvalue weighted by atomic mass is 10.3. The third kappa shape index (κ3) is 6.62. The predicted molar refractivity (Wildman–Crippen MR) is 85.5 cm³/mol. The van der Waals surface area contributed by atoms with Crippen LogP contribution in [0, 0.1) is 23.3 Å². The van der Waals surface area contributed by atoms with Crippen molar-refractivity contribution in [1.82, 2.24) is 0 Å². The topological polar surface area (TPSA) is 18.5 Å². The van der Waals surface area contributed by atoms with E-state index in [2.05, 4.69) is 0 Å². The molecule has 0 amide bonds. The number of halogens is 4. The largest absolute Gasteiger partial charge is 0.488 e. The summed E-state index contributed by atoms with van der Waals surface area (Å²) in [6.45, 7) is 1.62. The lowest BCUT2D eigenvalue weighted by Gasteiger charge is -2.29. The van der Waals surface area contributed by atoms with Gasteiger partial charge in [0.05, 0.1) is 14.1 Å². The second-order valence-corrected chi connectivity index (χ2v) is 6.29. The molecule has 0 aliphatic carbocycles. The molecule has 0 spiro atoms. The minimum Gasteiger partial charge on any atom is -0.488 e. The van der Waals surface area contributed by atoms with Crippen LogP contribution in [0.2, 0.25) is 0 Å². The van der Waals surface area contributed by atoms with Crippen molar-refractivity contribution < 1.29 is 31.5 Å². The zero-order valence-electron chi connectivity index (χ0n) is 14.1. The number of quaternary nitrogens is 1. The average Bonchev–Trinajstić information content (AvgIpc) is 2.44. The van der Waals surface area contributed by atoms with E-state index in [0.29, 0.717) is 17.6 Å². The van der Waals surface area contributed by atoms with Gasteiger partial charge < -0.3 is 14.0 Å². The Balaban J connectivity index is 1.77. The van der Waals surface area contributed by atoms with Gasteiger partial charge >= 0.3 is 0 Å². The fourth-order valence-corrected chi connectivity index (χ4v) is 2.16. The van der Waals surface area contributed by atoms with Gasteiger partial charge in [-0.1, -0.05) is 0 Å². The van der Waals surface area contributed by atoms with Crippen molar-refractivity contribution in [3.8, 4) is 11.5 Å². The number of likely N-dealkylation sites (N-methyl/N-ethyl adjacent to an activating group) is 1. The normalized spacial score (nSPS) is 11.4. The predicted octanol–water partition coefficient (Wildman–Crippen LogP) is 3.78. The Hall–Kier alpha value is -2.28. The van der Waals surface area contributed by atoms with Crippen LogP contribution in [-0.2, 0) is 0 Å². The van der Waals surface area contributed by atoms with E-state index in [1.165, 1.54) is 0 Å². The van der Waals surface area contributed by atoms with Crippen LogP contribution in [0.1, 0.15) is 0 Å². The van der Waals surface area contributed by atoms with Crippen molar-refractivity contribution >= 4 is 0 Å². The van der Waals surface area contributed by atoms with E-state index in [0.717, 1.165) is 36.4 Å². The second kappa shape index (κ2) is 8.20. The van der Waals surface area contributed by atoms with E-state index < -0.39 is 23.3 Å². The van der Waals surface area contributed by atoms with Crippen LogP contribution in [-0.4, -0.2) is 44.9 Å². The summed E-state index contributed by atoms with van der Waals surface area (Å²) < 4.78 is 63.5. The zero-order valence-corrected chi connectivity index (χ0v) is 14.1. The average molecular weight is 358 g/mol. The maximum absolute atomic E-state index is 13.1. The van der Waals surface area contributed by atoms with Crippen molar-refractivity contribution in [3.05, 3.63) is 59.7 Å². The second-order valence-electron chi connectivity index (χ2n) is 6.29. The van der Waals surface area contributed by atoms with Crippen molar-refractivity contribution in [2.75, 3.05) is 40.4 Å². The fourth-order valence-electron chi connectivity index (χ4n) is 2.16. The van der Waals surface area contributed by atoms with Crippen molar-refractivity contribution in [3.63, 3.8) is 0 Å². The van der Waals surface area contributed by atoms with Crippen molar-refractivity contribution in [2.24, 2.45) is 0 Å². The summed E-state index contributed by atoms with van der Waals surface area (Å²) in [4.78, 5) is 0. The molecular formula is C18H20F4NO2+. The van der Waals surface area contributed by atoms with Gasteiger partial charge in [-0.25, -0.2) is 17.6 Å². The number of hydrogen-bond acceptors (Lipinski definition) is 2. The first-order chi connectivity index (χ1) is 11.7. The van der Waals surface area contributed by atoms with Crippen molar-refractivity contribution in [1.29, 1.82) is 0 Å². The molecular weight excluding hydrogens is 338 g/mol. The molecule has 0 saturated heterocycles. The first kappa shape index (κ1) is 19.1. The van der Waals surface area contributed by atoms with Gasteiger partial charge in [0.2, 0.25) is 0 Å². The molecule has 0 fully saturated rings. The molecule has 0 N–H and O–H groups in total. The van der Waals surface area contributed by atoms with Crippen molar-refractivity contribution in [2.45, 2.75) is 0 Å².